The minimum atomic E-state index is -0.411. The highest BCUT2D eigenvalue weighted by Gasteiger charge is 2.21. The molecule has 1 aliphatic heterocycles. The van der Waals surface area contributed by atoms with Gasteiger partial charge in [-0.1, -0.05) is 0 Å². The number of aliphatic hydroxyl groups is 1. The lowest BCUT2D eigenvalue weighted by Gasteiger charge is -2.34. The molecule has 2 N–H and O–H groups in total. The van der Waals surface area contributed by atoms with Gasteiger partial charge in [0, 0.05) is 26.2 Å². The maximum absolute atomic E-state index is 9.84. The van der Waals surface area contributed by atoms with Gasteiger partial charge < -0.3 is 19.9 Å². The van der Waals surface area contributed by atoms with Crippen molar-refractivity contribution in [2.75, 3.05) is 46.4 Å². The number of morpholine rings is 1. The summed E-state index contributed by atoms with van der Waals surface area (Å²) >= 11 is 0. The van der Waals surface area contributed by atoms with Crippen LogP contribution in [0.25, 0.3) is 0 Å². The van der Waals surface area contributed by atoms with Crippen LogP contribution in [0.5, 0.6) is 0 Å². The summed E-state index contributed by atoms with van der Waals surface area (Å²) in [6.07, 6.45) is -0.0101. The lowest BCUT2D eigenvalue weighted by molar-refractivity contribution is -0.0547. The molecule has 0 radical (unpaired) electrons. The van der Waals surface area contributed by atoms with Crippen molar-refractivity contribution in [1.29, 1.82) is 0 Å². The highest BCUT2D eigenvalue weighted by Crippen LogP contribution is 2.05. The van der Waals surface area contributed by atoms with Crippen molar-refractivity contribution >= 4 is 0 Å². The number of nitrogens with one attached hydrogen (secondary N) is 1. The van der Waals surface area contributed by atoms with E-state index in [1.165, 1.54) is 0 Å². The Morgan fingerprint density at radius 2 is 2.29 bits per heavy atom. The van der Waals surface area contributed by atoms with E-state index in [0.717, 1.165) is 26.2 Å². The first kappa shape index (κ1) is 14.9. The zero-order valence-corrected chi connectivity index (χ0v) is 11.2. The number of rotatable bonds is 7. The Morgan fingerprint density at radius 1 is 1.53 bits per heavy atom. The van der Waals surface area contributed by atoms with Crippen LogP contribution in [0.2, 0.25) is 0 Å². The molecule has 5 nitrogen and oxygen atoms in total. The van der Waals surface area contributed by atoms with Gasteiger partial charge in [0.1, 0.15) is 0 Å². The highest BCUT2D eigenvalue weighted by atomic mass is 16.5. The van der Waals surface area contributed by atoms with E-state index < -0.39 is 6.10 Å². The van der Waals surface area contributed by atoms with E-state index in [1.54, 1.807) is 0 Å². The average molecular weight is 246 g/mol. The molecular formula is C12H26N2O3. The summed E-state index contributed by atoms with van der Waals surface area (Å²) in [6.45, 7) is 8.38. The number of hydrogen-bond donors (Lipinski definition) is 2. The van der Waals surface area contributed by atoms with Crippen LogP contribution in [-0.4, -0.2) is 74.8 Å². The van der Waals surface area contributed by atoms with Gasteiger partial charge in [0.25, 0.3) is 0 Å². The lowest BCUT2D eigenvalue weighted by Crippen LogP contribution is -2.49. The number of β-amino-alcohol motifs (C(OH)–C–C–N with tert-alkyl or cyclic N) is 1. The average Bonchev–Trinajstić information content (AvgIpc) is 2.27. The fourth-order valence-electron chi connectivity index (χ4n) is 1.95. The van der Waals surface area contributed by atoms with Crippen LogP contribution >= 0.6 is 0 Å². The minimum Gasteiger partial charge on any atom is -0.389 e. The molecule has 0 spiro atoms. The summed E-state index contributed by atoms with van der Waals surface area (Å²) in [5.74, 6) is 0. The molecule has 0 bridgehead atoms. The molecule has 102 valence electrons. The molecule has 0 aromatic carbocycles. The Bertz CT molecular complexity index is 200. The molecule has 0 aliphatic carbocycles. The van der Waals surface area contributed by atoms with E-state index in [2.05, 4.69) is 10.2 Å². The van der Waals surface area contributed by atoms with Crippen LogP contribution in [0.1, 0.15) is 13.8 Å². The molecule has 0 amide bonds. The number of nitrogens with zero attached hydrogens (tertiary/aromatic N) is 1. The van der Waals surface area contributed by atoms with Crippen molar-refractivity contribution in [2.24, 2.45) is 0 Å². The van der Waals surface area contributed by atoms with E-state index >= 15 is 0 Å². The molecular weight excluding hydrogens is 220 g/mol. The molecule has 0 aromatic heterocycles. The Labute approximate surface area is 104 Å². The van der Waals surface area contributed by atoms with Crippen LogP contribution in [0, 0.1) is 0 Å². The molecule has 0 saturated carbocycles. The summed E-state index contributed by atoms with van der Waals surface area (Å²) in [6, 6.07) is 0. The summed E-state index contributed by atoms with van der Waals surface area (Å²) in [5.41, 5.74) is 0. The van der Waals surface area contributed by atoms with Crippen LogP contribution in [0.3, 0.4) is 0 Å². The molecule has 17 heavy (non-hydrogen) atoms. The maximum Gasteiger partial charge on any atom is 0.0900 e. The van der Waals surface area contributed by atoms with Crippen LogP contribution < -0.4 is 5.32 Å². The summed E-state index contributed by atoms with van der Waals surface area (Å²) in [7, 11) is 1.92. The SMILES string of the molecule is CNCC1CN(CC(O)COC(C)C)CCO1. The van der Waals surface area contributed by atoms with E-state index in [1.807, 2.05) is 20.9 Å². The van der Waals surface area contributed by atoms with Gasteiger partial charge in [-0.25, -0.2) is 0 Å². The molecule has 0 aromatic rings. The second kappa shape index (κ2) is 8.00. The van der Waals surface area contributed by atoms with Crippen molar-refractivity contribution in [1.82, 2.24) is 10.2 Å². The van der Waals surface area contributed by atoms with Gasteiger partial charge in [-0.15, -0.1) is 0 Å². The minimum absolute atomic E-state index is 0.173. The molecule has 1 saturated heterocycles. The van der Waals surface area contributed by atoms with Crippen LogP contribution in [0.4, 0.5) is 0 Å². The fraction of sp³-hybridized carbons (Fsp3) is 1.00. The monoisotopic (exact) mass is 246 g/mol. The number of hydrogen-bond acceptors (Lipinski definition) is 5. The zero-order valence-electron chi connectivity index (χ0n) is 11.2. The van der Waals surface area contributed by atoms with Crippen molar-refractivity contribution in [3.8, 4) is 0 Å². The quantitative estimate of drug-likeness (QED) is 0.645. The summed E-state index contributed by atoms with van der Waals surface area (Å²) in [4.78, 5) is 2.24. The second-order valence-electron chi connectivity index (χ2n) is 4.85. The third kappa shape index (κ3) is 6.33. The van der Waals surface area contributed by atoms with Crippen molar-refractivity contribution in [3.63, 3.8) is 0 Å². The van der Waals surface area contributed by atoms with E-state index in [9.17, 15) is 5.11 Å². The lowest BCUT2D eigenvalue weighted by atomic mass is 10.2. The Balaban J connectivity index is 2.20. The third-order valence-corrected chi connectivity index (χ3v) is 2.75. The van der Waals surface area contributed by atoms with Gasteiger partial charge in [0.05, 0.1) is 31.5 Å². The molecule has 5 heteroatoms. The second-order valence-corrected chi connectivity index (χ2v) is 4.85. The Kier molecular flexibility index (Phi) is 6.99. The molecule has 2 atom stereocenters. The van der Waals surface area contributed by atoms with E-state index in [0.29, 0.717) is 13.2 Å². The molecule has 1 fully saturated rings. The van der Waals surface area contributed by atoms with Gasteiger partial charge in [-0.2, -0.15) is 0 Å². The molecule has 1 rings (SSSR count). The summed E-state index contributed by atoms with van der Waals surface area (Å²) < 4.78 is 11.0. The van der Waals surface area contributed by atoms with Gasteiger partial charge in [0.15, 0.2) is 0 Å². The van der Waals surface area contributed by atoms with Gasteiger partial charge >= 0.3 is 0 Å². The summed E-state index contributed by atoms with van der Waals surface area (Å²) in [5, 5.41) is 13.0. The maximum atomic E-state index is 9.84. The van der Waals surface area contributed by atoms with Crippen LogP contribution in [0.15, 0.2) is 0 Å². The Morgan fingerprint density at radius 3 is 2.94 bits per heavy atom. The highest BCUT2D eigenvalue weighted by molar-refractivity contribution is 4.75. The predicted octanol–water partition coefficient (Wildman–Crippen LogP) is -0.307. The van der Waals surface area contributed by atoms with Gasteiger partial charge in [-0.3, -0.25) is 4.90 Å². The van der Waals surface area contributed by atoms with Crippen molar-refractivity contribution < 1.29 is 14.6 Å². The Hall–Kier alpha value is -0.200. The van der Waals surface area contributed by atoms with Gasteiger partial charge in [0.2, 0.25) is 0 Å². The first-order valence-corrected chi connectivity index (χ1v) is 6.40. The molecule has 1 heterocycles. The first-order valence-electron chi connectivity index (χ1n) is 6.40. The predicted molar refractivity (Wildman–Crippen MR) is 67.2 cm³/mol. The van der Waals surface area contributed by atoms with E-state index in [4.69, 9.17) is 9.47 Å². The van der Waals surface area contributed by atoms with Gasteiger partial charge in [-0.05, 0) is 20.9 Å². The molecule has 1 aliphatic rings. The zero-order chi connectivity index (χ0) is 12.7. The van der Waals surface area contributed by atoms with Crippen molar-refractivity contribution in [2.45, 2.75) is 32.2 Å². The topological polar surface area (TPSA) is 54.0 Å². The normalized spacial score (nSPS) is 24.2. The fourth-order valence-corrected chi connectivity index (χ4v) is 1.95. The standard InChI is InChI=1S/C12H26N2O3/c1-10(2)17-9-11(15)7-14-4-5-16-12(8-14)6-13-3/h10-13,15H,4-9H2,1-3H3. The third-order valence-electron chi connectivity index (χ3n) is 2.75. The number of likely N-dealkylation sites (N-methyl/N-ethyl adjacent to an activating group) is 1. The van der Waals surface area contributed by atoms with E-state index in [-0.39, 0.29) is 12.2 Å². The first-order chi connectivity index (χ1) is 8.11. The largest absolute Gasteiger partial charge is 0.389 e. The van der Waals surface area contributed by atoms with Crippen LogP contribution in [-0.2, 0) is 9.47 Å². The molecule has 2 unspecified atom stereocenters. The number of ether oxygens (including phenoxy) is 2. The van der Waals surface area contributed by atoms with Crippen molar-refractivity contribution in [3.05, 3.63) is 0 Å². The number of aliphatic hydroxyl groups excluding tert-OH is 1. The smallest absolute Gasteiger partial charge is 0.0900 e.